The Kier molecular flexibility index (Phi) is 3.51. The molecule has 0 spiro atoms. The lowest BCUT2D eigenvalue weighted by atomic mass is 9.80. The van der Waals surface area contributed by atoms with Crippen LogP contribution in [0, 0.1) is 11.8 Å². The normalized spacial score (nSPS) is 26.6. The number of aromatic nitrogens is 3. The van der Waals surface area contributed by atoms with Gasteiger partial charge in [0.1, 0.15) is 5.82 Å². The van der Waals surface area contributed by atoms with E-state index in [4.69, 9.17) is 0 Å². The number of hydrogen-bond donors (Lipinski definition) is 2. The molecule has 3 rings (SSSR count). The standard InChI is InChI=1S/C15H23N5/c1-10-6-11(2)8-12(7-10)18-14-15-17-4-5-20(15)9-13(16-3)19-14/h4-5,9-12,16H,6-8H2,1-3H3,(H,18,19). The summed E-state index contributed by atoms with van der Waals surface area (Å²) in [5.41, 5.74) is 0.898. The quantitative estimate of drug-likeness (QED) is 0.902. The van der Waals surface area contributed by atoms with Gasteiger partial charge in [0.2, 0.25) is 0 Å². The molecule has 2 atom stereocenters. The highest BCUT2D eigenvalue weighted by Crippen LogP contribution is 2.31. The lowest BCUT2D eigenvalue weighted by Gasteiger charge is -2.32. The summed E-state index contributed by atoms with van der Waals surface area (Å²) in [5, 5.41) is 6.72. The van der Waals surface area contributed by atoms with Gasteiger partial charge in [-0.05, 0) is 31.1 Å². The summed E-state index contributed by atoms with van der Waals surface area (Å²) in [7, 11) is 1.89. The van der Waals surface area contributed by atoms with Gasteiger partial charge in [-0.25, -0.2) is 9.97 Å². The highest BCUT2D eigenvalue weighted by Gasteiger charge is 2.24. The van der Waals surface area contributed by atoms with Crippen LogP contribution in [0.4, 0.5) is 11.6 Å². The second kappa shape index (κ2) is 5.31. The maximum Gasteiger partial charge on any atom is 0.180 e. The Balaban J connectivity index is 1.87. The van der Waals surface area contributed by atoms with Crippen LogP contribution in [0.3, 0.4) is 0 Å². The number of fused-ring (bicyclic) bond motifs is 1. The minimum absolute atomic E-state index is 0.494. The molecule has 2 heterocycles. The van der Waals surface area contributed by atoms with Gasteiger partial charge < -0.3 is 15.0 Å². The second-order valence-corrected chi connectivity index (χ2v) is 6.14. The molecule has 20 heavy (non-hydrogen) atoms. The van der Waals surface area contributed by atoms with E-state index in [1.165, 1.54) is 19.3 Å². The molecule has 0 radical (unpaired) electrons. The van der Waals surface area contributed by atoms with Crippen molar-refractivity contribution < 1.29 is 0 Å². The summed E-state index contributed by atoms with van der Waals surface area (Å²) >= 11 is 0. The van der Waals surface area contributed by atoms with E-state index in [0.29, 0.717) is 6.04 Å². The summed E-state index contributed by atoms with van der Waals surface area (Å²) in [6, 6.07) is 0.494. The summed E-state index contributed by atoms with van der Waals surface area (Å²) < 4.78 is 2.01. The van der Waals surface area contributed by atoms with Gasteiger partial charge in [-0.2, -0.15) is 0 Å². The largest absolute Gasteiger partial charge is 0.372 e. The maximum atomic E-state index is 4.63. The van der Waals surface area contributed by atoms with E-state index in [2.05, 4.69) is 34.4 Å². The van der Waals surface area contributed by atoms with Crippen LogP contribution in [-0.2, 0) is 0 Å². The summed E-state index contributed by atoms with van der Waals surface area (Å²) in [4.78, 5) is 9.04. The van der Waals surface area contributed by atoms with E-state index in [9.17, 15) is 0 Å². The van der Waals surface area contributed by atoms with Crippen LogP contribution >= 0.6 is 0 Å². The molecule has 1 saturated carbocycles. The van der Waals surface area contributed by atoms with E-state index >= 15 is 0 Å². The molecule has 0 bridgehead atoms. The first kappa shape index (κ1) is 13.2. The molecule has 5 heteroatoms. The average molecular weight is 273 g/mol. The summed E-state index contributed by atoms with van der Waals surface area (Å²) in [6.45, 7) is 4.68. The fourth-order valence-electron chi connectivity index (χ4n) is 3.41. The number of nitrogens with zero attached hydrogens (tertiary/aromatic N) is 3. The molecule has 2 N–H and O–H groups in total. The Morgan fingerprint density at radius 2 is 1.95 bits per heavy atom. The molecule has 1 aliphatic carbocycles. The fourth-order valence-corrected chi connectivity index (χ4v) is 3.41. The van der Waals surface area contributed by atoms with Crippen molar-refractivity contribution in [1.29, 1.82) is 0 Å². The maximum absolute atomic E-state index is 4.63. The van der Waals surface area contributed by atoms with Gasteiger partial charge in [0.15, 0.2) is 11.5 Å². The van der Waals surface area contributed by atoms with Crippen molar-refractivity contribution in [1.82, 2.24) is 14.4 Å². The van der Waals surface area contributed by atoms with Crippen molar-refractivity contribution in [2.45, 2.75) is 39.2 Å². The van der Waals surface area contributed by atoms with Gasteiger partial charge >= 0.3 is 0 Å². The van der Waals surface area contributed by atoms with Crippen molar-refractivity contribution in [2.24, 2.45) is 11.8 Å². The Labute approximate surface area is 119 Å². The Morgan fingerprint density at radius 1 is 1.20 bits per heavy atom. The summed E-state index contributed by atoms with van der Waals surface area (Å²) in [6.07, 6.45) is 9.48. The van der Waals surface area contributed by atoms with E-state index in [-0.39, 0.29) is 0 Å². The van der Waals surface area contributed by atoms with Gasteiger partial charge in [0.05, 0.1) is 6.20 Å². The SMILES string of the molecule is CNc1cn2ccnc2c(NC2CC(C)CC(C)C2)n1. The Bertz CT molecular complexity index is 581. The van der Waals surface area contributed by atoms with Gasteiger partial charge in [-0.1, -0.05) is 13.8 Å². The second-order valence-electron chi connectivity index (χ2n) is 6.14. The zero-order valence-corrected chi connectivity index (χ0v) is 12.4. The molecule has 0 amide bonds. The van der Waals surface area contributed by atoms with Gasteiger partial charge in [0.25, 0.3) is 0 Å². The average Bonchev–Trinajstić information content (AvgIpc) is 2.85. The van der Waals surface area contributed by atoms with E-state index in [1.807, 2.05) is 30.0 Å². The molecule has 1 aliphatic rings. The monoisotopic (exact) mass is 273 g/mol. The molecule has 0 aliphatic heterocycles. The van der Waals surface area contributed by atoms with Crippen LogP contribution in [0.5, 0.6) is 0 Å². The van der Waals surface area contributed by atoms with Crippen LogP contribution in [0.1, 0.15) is 33.1 Å². The fraction of sp³-hybridized carbons (Fsp3) is 0.600. The minimum Gasteiger partial charge on any atom is -0.372 e. The van der Waals surface area contributed by atoms with Crippen LogP contribution in [0.2, 0.25) is 0 Å². The lowest BCUT2D eigenvalue weighted by molar-refractivity contribution is 0.280. The smallest absolute Gasteiger partial charge is 0.180 e. The third-order valence-corrected chi connectivity index (χ3v) is 4.15. The van der Waals surface area contributed by atoms with Crippen molar-refractivity contribution in [3.05, 3.63) is 18.6 Å². The van der Waals surface area contributed by atoms with E-state index < -0.39 is 0 Å². The number of imidazole rings is 1. The van der Waals surface area contributed by atoms with Crippen LogP contribution in [-0.4, -0.2) is 27.5 Å². The lowest BCUT2D eigenvalue weighted by Crippen LogP contribution is -2.30. The molecule has 2 aromatic rings. The molecule has 0 aromatic carbocycles. The molecule has 2 aromatic heterocycles. The first-order chi connectivity index (χ1) is 9.65. The number of rotatable bonds is 3. The first-order valence-corrected chi connectivity index (χ1v) is 7.43. The minimum atomic E-state index is 0.494. The number of anilines is 2. The van der Waals surface area contributed by atoms with Crippen molar-refractivity contribution in [2.75, 3.05) is 17.7 Å². The molecule has 1 fully saturated rings. The van der Waals surface area contributed by atoms with Gasteiger partial charge in [-0.3, -0.25) is 0 Å². The molecular weight excluding hydrogens is 250 g/mol. The zero-order chi connectivity index (χ0) is 14.1. The van der Waals surface area contributed by atoms with Crippen molar-refractivity contribution >= 4 is 17.3 Å². The third-order valence-electron chi connectivity index (χ3n) is 4.15. The van der Waals surface area contributed by atoms with Crippen molar-refractivity contribution in [3.63, 3.8) is 0 Å². The predicted octanol–water partition coefficient (Wildman–Crippen LogP) is 3.01. The molecular formula is C15H23N5. The van der Waals surface area contributed by atoms with Crippen LogP contribution in [0.15, 0.2) is 18.6 Å². The van der Waals surface area contributed by atoms with Gasteiger partial charge in [-0.15, -0.1) is 0 Å². The topological polar surface area (TPSA) is 54.2 Å². The Morgan fingerprint density at radius 3 is 2.65 bits per heavy atom. The highest BCUT2D eigenvalue weighted by atomic mass is 15.1. The predicted molar refractivity (Wildman–Crippen MR) is 82.1 cm³/mol. The van der Waals surface area contributed by atoms with E-state index in [0.717, 1.165) is 29.1 Å². The number of hydrogen-bond acceptors (Lipinski definition) is 4. The molecule has 108 valence electrons. The highest BCUT2D eigenvalue weighted by molar-refractivity contribution is 5.65. The van der Waals surface area contributed by atoms with Crippen molar-refractivity contribution in [3.8, 4) is 0 Å². The molecule has 2 unspecified atom stereocenters. The molecule has 5 nitrogen and oxygen atoms in total. The zero-order valence-electron chi connectivity index (χ0n) is 12.4. The number of nitrogens with one attached hydrogen (secondary N) is 2. The van der Waals surface area contributed by atoms with Crippen LogP contribution in [0.25, 0.3) is 5.65 Å². The van der Waals surface area contributed by atoms with Gasteiger partial charge in [0, 0.05) is 25.5 Å². The van der Waals surface area contributed by atoms with E-state index in [1.54, 1.807) is 0 Å². The first-order valence-electron chi connectivity index (χ1n) is 7.43. The third kappa shape index (κ3) is 2.57. The molecule has 0 saturated heterocycles. The summed E-state index contributed by atoms with van der Waals surface area (Å²) in [5.74, 6) is 3.29. The Hall–Kier alpha value is -1.78. The van der Waals surface area contributed by atoms with Crippen LogP contribution < -0.4 is 10.6 Å².